The number of hydrogen-bond acceptors (Lipinski definition) is 5. The first-order valence-corrected chi connectivity index (χ1v) is 11.2. The Morgan fingerprint density at radius 2 is 1.90 bits per heavy atom. The second kappa shape index (κ2) is 8.66. The minimum Gasteiger partial charge on any atom is -0.292 e. The number of carbonyl (C=O) groups is 1. The number of aryl methyl sites for hydroxylation is 1. The molecule has 1 aromatic heterocycles. The molecule has 0 saturated heterocycles. The van der Waals surface area contributed by atoms with Gasteiger partial charge in [0.15, 0.2) is 9.84 Å². The van der Waals surface area contributed by atoms with Crippen molar-refractivity contribution in [1.29, 1.82) is 5.26 Å². The highest BCUT2D eigenvalue weighted by atomic mass is 35.5. The van der Waals surface area contributed by atoms with Gasteiger partial charge >= 0.3 is 0 Å². The molecular weight excluding hydrogens is 422 g/mol. The Hall–Kier alpha value is -3.21. The lowest BCUT2D eigenvalue weighted by Gasteiger charge is -2.23. The van der Waals surface area contributed by atoms with Gasteiger partial charge in [0.05, 0.1) is 22.8 Å². The summed E-state index contributed by atoms with van der Waals surface area (Å²) < 4.78 is 24.0. The summed E-state index contributed by atoms with van der Waals surface area (Å²) in [6, 6.07) is 15.3. The lowest BCUT2D eigenvalue weighted by Crippen LogP contribution is -2.32. The van der Waals surface area contributed by atoms with Crippen LogP contribution in [0, 0.1) is 18.3 Å². The second-order valence-corrected chi connectivity index (χ2v) is 9.15. The molecule has 1 amide bonds. The van der Waals surface area contributed by atoms with Crippen molar-refractivity contribution in [2.24, 2.45) is 0 Å². The van der Waals surface area contributed by atoms with Crippen LogP contribution in [0.3, 0.4) is 0 Å². The minimum absolute atomic E-state index is 0.0419. The zero-order valence-electron chi connectivity index (χ0n) is 16.3. The lowest BCUT2D eigenvalue weighted by atomic mass is 10.0. The largest absolute Gasteiger partial charge is 0.292 e. The van der Waals surface area contributed by atoms with Crippen LogP contribution in [0.4, 0.5) is 5.69 Å². The molecule has 3 aromatic rings. The Balaban J connectivity index is 2.16. The number of carbonyl (C=O) groups excluding carboxylic acids is 1. The maximum absolute atomic E-state index is 13.4. The summed E-state index contributed by atoms with van der Waals surface area (Å²) in [6.07, 6.45) is 4.15. The fourth-order valence-electron chi connectivity index (χ4n) is 3.09. The third-order valence-electron chi connectivity index (χ3n) is 4.45. The van der Waals surface area contributed by atoms with Crippen LogP contribution in [0.15, 0.2) is 65.8 Å². The average Bonchev–Trinajstić information content (AvgIpc) is 2.71. The molecule has 1 heterocycles. The zero-order valence-corrected chi connectivity index (χ0v) is 17.9. The van der Waals surface area contributed by atoms with Gasteiger partial charge in [0.25, 0.3) is 5.91 Å². The van der Waals surface area contributed by atoms with E-state index in [9.17, 15) is 18.5 Å². The van der Waals surface area contributed by atoms with Gasteiger partial charge < -0.3 is 0 Å². The highest BCUT2D eigenvalue weighted by Gasteiger charge is 2.23. The van der Waals surface area contributed by atoms with Gasteiger partial charge in [-0.15, -0.1) is 0 Å². The normalized spacial score (nSPS) is 11.0. The van der Waals surface area contributed by atoms with E-state index in [1.807, 2.05) is 18.2 Å². The van der Waals surface area contributed by atoms with Crippen LogP contribution in [-0.4, -0.2) is 32.1 Å². The van der Waals surface area contributed by atoms with E-state index in [4.69, 9.17) is 11.6 Å². The fourth-order valence-corrected chi connectivity index (χ4v) is 4.07. The molecule has 2 aromatic carbocycles. The molecule has 0 unspecified atom stereocenters. The predicted molar refractivity (Wildman–Crippen MR) is 116 cm³/mol. The first kappa shape index (κ1) is 21.5. The maximum Gasteiger partial charge on any atom is 0.259 e. The molecule has 0 radical (unpaired) electrons. The van der Waals surface area contributed by atoms with E-state index in [-0.39, 0.29) is 17.0 Å². The Bertz CT molecular complexity index is 1270. The standard InChI is InChI=1S/C22H18ClN3O3S/c1-15-11-16(13-17(12-15)30(2,28)29)22(27)26(10-8-24)21-14-25-9-7-19(21)18-5-3-4-6-20(18)23/h3-7,9,11-14H,10H2,1-2H3. The molecule has 8 heteroatoms. The van der Waals surface area contributed by atoms with Gasteiger partial charge in [-0.25, -0.2) is 8.42 Å². The predicted octanol–water partition coefficient (Wildman–Crippen LogP) is 4.28. The van der Waals surface area contributed by atoms with Crippen molar-refractivity contribution >= 4 is 33.0 Å². The van der Waals surface area contributed by atoms with Gasteiger partial charge in [0.2, 0.25) is 0 Å². The third kappa shape index (κ3) is 4.51. The second-order valence-electron chi connectivity index (χ2n) is 6.73. The summed E-state index contributed by atoms with van der Waals surface area (Å²) >= 11 is 6.35. The highest BCUT2D eigenvalue weighted by molar-refractivity contribution is 7.90. The molecule has 0 aliphatic rings. The molecule has 6 nitrogen and oxygen atoms in total. The van der Waals surface area contributed by atoms with Crippen molar-refractivity contribution in [2.75, 3.05) is 17.7 Å². The van der Waals surface area contributed by atoms with Crippen LogP contribution in [0.1, 0.15) is 15.9 Å². The van der Waals surface area contributed by atoms with Gasteiger partial charge in [-0.05, 0) is 42.8 Å². The van der Waals surface area contributed by atoms with Crippen molar-refractivity contribution in [1.82, 2.24) is 4.98 Å². The summed E-state index contributed by atoms with van der Waals surface area (Å²) in [6.45, 7) is 1.46. The number of nitriles is 1. The van der Waals surface area contributed by atoms with E-state index in [2.05, 4.69) is 4.98 Å². The Labute approximate surface area is 180 Å². The van der Waals surface area contributed by atoms with Crippen LogP contribution < -0.4 is 4.90 Å². The molecule has 3 rings (SSSR count). The molecule has 0 atom stereocenters. The van der Waals surface area contributed by atoms with Crippen LogP contribution in [0.2, 0.25) is 5.02 Å². The summed E-state index contributed by atoms with van der Waals surface area (Å²) in [7, 11) is -3.51. The monoisotopic (exact) mass is 439 g/mol. The number of hydrogen-bond donors (Lipinski definition) is 0. The van der Waals surface area contributed by atoms with Crippen LogP contribution >= 0.6 is 11.6 Å². The van der Waals surface area contributed by atoms with Gasteiger partial charge in [-0.1, -0.05) is 29.8 Å². The quantitative estimate of drug-likeness (QED) is 0.553. The Morgan fingerprint density at radius 3 is 2.57 bits per heavy atom. The van der Waals surface area contributed by atoms with Crippen molar-refractivity contribution < 1.29 is 13.2 Å². The van der Waals surface area contributed by atoms with Crippen molar-refractivity contribution in [3.63, 3.8) is 0 Å². The van der Waals surface area contributed by atoms with E-state index in [0.29, 0.717) is 27.4 Å². The maximum atomic E-state index is 13.4. The molecule has 0 fully saturated rings. The fraction of sp³-hybridized carbons (Fsp3) is 0.136. The van der Waals surface area contributed by atoms with Crippen molar-refractivity contribution in [3.8, 4) is 17.2 Å². The van der Waals surface area contributed by atoms with Crippen LogP contribution in [0.5, 0.6) is 0 Å². The number of anilines is 1. The van der Waals surface area contributed by atoms with Crippen LogP contribution in [-0.2, 0) is 9.84 Å². The van der Waals surface area contributed by atoms with Crippen molar-refractivity contribution in [3.05, 3.63) is 77.1 Å². The lowest BCUT2D eigenvalue weighted by molar-refractivity contribution is 0.0989. The number of nitrogens with zero attached hydrogens (tertiary/aromatic N) is 3. The number of benzene rings is 2. The first-order valence-electron chi connectivity index (χ1n) is 8.92. The zero-order chi connectivity index (χ0) is 21.9. The number of amides is 1. The molecule has 0 N–H and O–H groups in total. The highest BCUT2D eigenvalue weighted by Crippen LogP contribution is 2.35. The smallest absolute Gasteiger partial charge is 0.259 e. The number of rotatable bonds is 5. The summed E-state index contributed by atoms with van der Waals surface area (Å²) in [5.74, 6) is -0.508. The molecule has 0 saturated carbocycles. The Morgan fingerprint density at radius 1 is 1.17 bits per heavy atom. The molecule has 0 bridgehead atoms. The topological polar surface area (TPSA) is 91.1 Å². The van der Waals surface area contributed by atoms with Gasteiger partial charge in [0, 0.05) is 34.2 Å². The van der Waals surface area contributed by atoms with E-state index >= 15 is 0 Å². The molecule has 30 heavy (non-hydrogen) atoms. The first-order chi connectivity index (χ1) is 14.2. The number of sulfone groups is 1. The molecule has 0 aliphatic carbocycles. The molecule has 0 aliphatic heterocycles. The average molecular weight is 440 g/mol. The molecule has 0 spiro atoms. The number of aromatic nitrogens is 1. The van der Waals surface area contributed by atoms with E-state index < -0.39 is 15.7 Å². The molecule has 152 valence electrons. The summed E-state index contributed by atoms with van der Waals surface area (Å²) in [5, 5.41) is 9.85. The summed E-state index contributed by atoms with van der Waals surface area (Å²) in [5.41, 5.74) is 2.51. The third-order valence-corrected chi connectivity index (χ3v) is 5.88. The minimum atomic E-state index is -3.51. The van der Waals surface area contributed by atoms with Gasteiger partial charge in [-0.3, -0.25) is 14.7 Å². The Kier molecular flexibility index (Phi) is 6.20. The van der Waals surface area contributed by atoms with Gasteiger partial charge in [0.1, 0.15) is 6.54 Å². The SMILES string of the molecule is Cc1cc(C(=O)N(CC#N)c2cnccc2-c2ccccc2Cl)cc(S(C)(=O)=O)c1. The van der Waals surface area contributed by atoms with Crippen molar-refractivity contribution in [2.45, 2.75) is 11.8 Å². The van der Waals surface area contributed by atoms with E-state index in [0.717, 1.165) is 6.26 Å². The van der Waals surface area contributed by atoms with E-state index in [1.54, 1.807) is 37.4 Å². The number of halogens is 1. The van der Waals surface area contributed by atoms with Gasteiger partial charge in [-0.2, -0.15) is 5.26 Å². The van der Waals surface area contributed by atoms with E-state index in [1.165, 1.54) is 23.2 Å². The molecular formula is C22H18ClN3O3S. The van der Waals surface area contributed by atoms with Crippen LogP contribution in [0.25, 0.3) is 11.1 Å². The number of pyridine rings is 1. The summed E-state index contributed by atoms with van der Waals surface area (Å²) in [4.78, 5) is 18.8.